The van der Waals surface area contributed by atoms with Gasteiger partial charge in [0.25, 0.3) is 5.91 Å². The van der Waals surface area contributed by atoms with Crippen LogP contribution in [0.15, 0.2) is 18.2 Å². The molecule has 1 fully saturated rings. The van der Waals surface area contributed by atoms with Crippen LogP contribution in [-0.2, 0) is 9.53 Å². The SMILES string of the molecule is Cc1ccc2nc(NC(=O)[C@@H]3CC[C@H](CN)O3)sc2c1.Cl. The molecule has 2 atom stereocenters. The van der Waals surface area contributed by atoms with E-state index in [1.54, 1.807) is 0 Å². The van der Waals surface area contributed by atoms with E-state index in [1.807, 2.05) is 19.1 Å². The molecule has 5 nitrogen and oxygen atoms in total. The standard InChI is InChI=1S/C14H17N3O2S.ClH/c1-8-2-4-10-12(6-8)20-14(16-10)17-13(18)11-5-3-9(7-15)19-11;/h2,4,6,9,11H,3,5,7,15H2,1H3,(H,16,17,18);1H/t9-,11+;/m1./s1. The molecule has 0 spiro atoms. The molecule has 0 unspecified atom stereocenters. The van der Waals surface area contributed by atoms with Crippen molar-refractivity contribution in [2.45, 2.75) is 32.0 Å². The van der Waals surface area contributed by atoms with E-state index in [1.165, 1.54) is 16.9 Å². The summed E-state index contributed by atoms with van der Waals surface area (Å²) in [7, 11) is 0. The van der Waals surface area contributed by atoms with Gasteiger partial charge in [-0.05, 0) is 37.5 Å². The first-order valence-corrected chi connectivity index (χ1v) is 7.51. The molecule has 2 heterocycles. The molecule has 1 saturated heterocycles. The average Bonchev–Trinajstić information content (AvgIpc) is 3.03. The number of benzene rings is 1. The van der Waals surface area contributed by atoms with Gasteiger partial charge in [-0.15, -0.1) is 12.4 Å². The normalized spacial score (nSPS) is 21.2. The number of carbonyl (C=O) groups is 1. The van der Waals surface area contributed by atoms with E-state index < -0.39 is 6.10 Å². The molecule has 114 valence electrons. The summed E-state index contributed by atoms with van der Waals surface area (Å²) in [5, 5.41) is 3.46. The second kappa shape index (κ2) is 6.70. The van der Waals surface area contributed by atoms with Gasteiger partial charge >= 0.3 is 0 Å². The number of ether oxygens (including phenoxy) is 1. The maximum Gasteiger partial charge on any atom is 0.255 e. The fourth-order valence-electron chi connectivity index (χ4n) is 2.34. The largest absolute Gasteiger partial charge is 0.364 e. The molecule has 0 bridgehead atoms. The van der Waals surface area contributed by atoms with Crippen molar-refractivity contribution >= 4 is 45.0 Å². The van der Waals surface area contributed by atoms with Crippen molar-refractivity contribution in [3.63, 3.8) is 0 Å². The molecule has 1 aliphatic rings. The first kappa shape index (κ1) is 16.2. The number of thiazole rings is 1. The van der Waals surface area contributed by atoms with Crippen molar-refractivity contribution in [2.24, 2.45) is 5.73 Å². The minimum absolute atomic E-state index is 0. The average molecular weight is 328 g/mol. The fraction of sp³-hybridized carbons (Fsp3) is 0.429. The molecule has 7 heteroatoms. The van der Waals surface area contributed by atoms with Crippen molar-refractivity contribution in [3.05, 3.63) is 23.8 Å². The Morgan fingerprint density at radius 2 is 2.33 bits per heavy atom. The predicted octanol–water partition coefficient (Wildman–Crippen LogP) is 2.47. The number of hydrogen-bond acceptors (Lipinski definition) is 5. The van der Waals surface area contributed by atoms with E-state index in [2.05, 4.69) is 16.4 Å². The van der Waals surface area contributed by atoms with E-state index in [0.717, 1.165) is 23.1 Å². The Labute approximate surface area is 133 Å². The fourth-order valence-corrected chi connectivity index (χ4v) is 3.31. The Morgan fingerprint density at radius 3 is 3.05 bits per heavy atom. The first-order chi connectivity index (χ1) is 9.65. The zero-order chi connectivity index (χ0) is 14.1. The third-order valence-electron chi connectivity index (χ3n) is 3.44. The van der Waals surface area contributed by atoms with Gasteiger partial charge in [-0.3, -0.25) is 10.1 Å². The Balaban J connectivity index is 0.00000161. The summed E-state index contributed by atoms with van der Waals surface area (Å²) >= 11 is 1.48. The topological polar surface area (TPSA) is 77.2 Å². The Bertz CT molecular complexity index is 646. The van der Waals surface area contributed by atoms with E-state index in [-0.39, 0.29) is 24.4 Å². The second-order valence-corrected chi connectivity index (χ2v) is 6.07. The van der Waals surface area contributed by atoms with Gasteiger partial charge in [0.05, 0.1) is 16.3 Å². The van der Waals surface area contributed by atoms with Crippen molar-refractivity contribution in [3.8, 4) is 0 Å². The summed E-state index contributed by atoms with van der Waals surface area (Å²) in [6.07, 6.45) is 1.16. The van der Waals surface area contributed by atoms with E-state index >= 15 is 0 Å². The number of fused-ring (bicyclic) bond motifs is 1. The van der Waals surface area contributed by atoms with E-state index in [4.69, 9.17) is 10.5 Å². The number of nitrogens with zero attached hydrogens (tertiary/aromatic N) is 1. The van der Waals surface area contributed by atoms with Crippen LogP contribution in [0.25, 0.3) is 10.2 Å². The number of nitrogens with two attached hydrogens (primary N) is 1. The van der Waals surface area contributed by atoms with Crippen molar-refractivity contribution in [1.29, 1.82) is 0 Å². The zero-order valence-corrected chi connectivity index (χ0v) is 13.3. The number of aromatic nitrogens is 1. The predicted molar refractivity (Wildman–Crippen MR) is 87.2 cm³/mol. The van der Waals surface area contributed by atoms with Crippen LogP contribution in [0.1, 0.15) is 18.4 Å². The number of amides is 1. The maximum atomic E-state index is 12.1. The van der Waals surface area contributed by atoms with Gasteiger partial charge in [0.2, 0.25) is 0 Å². The lowest BCUT2D eigenvalue weighted by atomic mass is 10.2. The van der Waals surface area contributed by atoms with Crippen LogP contribution >= 0.6 is 23.7 Å². The molecule has 3 N–H and O–H groups in total. The number of halogens is 1. The number of rotatable bonds is 3. The van der Waals surface area contributed by atoms with Crippen molar-refractivity contribution in [2.75, 3.05) is 11.9 Å². The lowest BCUT2D eigenvalue weighted by Crippen LogP contribution is -2.29. The molecule has 1 aromatic carbocycles. The van der Waals surface area contributed by atoms with E-state index in [0.29, 0.717) is 11.7 Å². The monoisotopic (exact) mass is 327 g/mol. The molecule has 0 radical (unpaired) electrons. The number of nitrogens with one attached hydrogen (secondary N) is 1. The van der Waals surface area contributed by atoms with Gasteiger partial charge in [0.15, 0.2) is 5.13 Å². The van der Waals surface area contributed by atoms with Crippen LogP contribution in [0, 0.1) is 6.92 Å². The number of carbonyl (C=O) groups excluding carboxylic acids is 1. The zero-order valence-electron chi connectivity index (χ0n) is 11.7. The second-order valence-electron chi connectivity index (χ2n) is 5.04. The van der Waals surface area contributed by atoms with Crippen LogP contribution < -0.4 is 11.1 Å². The third kappa shape index (κ3) is 3.52. The molecule has 0 saturated carbocycles. The third-order valence-corrected chi connectivity index (χ3v) is 4.37. The number of hydrogen-bond donors (Lipinski definition) is 2. The summed E-state index contributed by atoms with van der Waals surface area (Å²) in [4.78, 5) is 16.5. The Kier molecular flexibility index (Phi) is 5.16. The molecule has 0 aliphatic carbocycles. The molecule has 1 aliphatic heterocycles. The van der Waals surface area contributed by atoms with Gasteiger partial charge in [-0.25, -0.2) is 4.98 Å². The van der Waals surface area contributed by atoms with Crippen molar-refractivity contribution in [1.82, 2.24) is 4.98 Å². The van der Waals surface area contributed by atoms with E-state index in [9.17, 15) is 4.79 Å². The van der Waals surface area contributed by atoms with Gasteiger partial charge in [0, 0.05) is 6.54 Å². The highest BCUT2D eigenvalue weighted by molar-refractivity contribution is 7.22. The summed E-state index contributed by atoms with van der Waals surface area (Å²) < 4.78 is 6.65. The molecule has 1 amide bonds. The van der Waals surface area contributed by atoms with Crippen LogP contribution in [-0.4, -0.2) is 29.6 Å². The maximum absolute atomic E-state index is 12.1. The Morgan fingerprint density at radius 1 is 1.52 bits per heavy atom. The summed E-state index contributed by atoms with van der Waals surface area (Å²) in [5.74, 6) is -0.128. The highest BCUT2D eigenvalue weighted by atomic mass is 35.5. The summed E-state index contributed by atoms with van der Waals surface area (Å²) in [6.45, 7) is 2.50. The van der Waals surface area contributed by atoms with Crippen LogP contribution in [0.4, 0.5) is 5.13 Å². The molecule has 3 rings (SSSR count). The molecular weight excluding hydrogens is 310 g/mol. The number of aryl methyl sites for hydroxylation is 1. The highest BCUT2D eigenvalue weighted by Crippen LogP contribution is 2.27. The minimum Gasteiger partial charge on any atom is -0.364 e. The van der Waals surface area contributed by atoms with Gasteiger partial charge in [-0.2, -0.15) is 0 Å². The lowest BCUT2D eigenvalue weighted by molar-refractivity contribution is -0.126. The smallest absolute Gasteiger partial charge is 0.255 e. The molecule has 21 heavy (non-hydrogen) atoms. The van der Waals surface area contributed by atoms with Gasteiger partial charge in [0.1, 0.15) is 6.10 Å². The Hall–Kier alpha value is -1.21. The minimum atomic E-state index is -0.405. The lowest BCUT2D eigenvalue weighted by Gasteiger charge is -2.10. The highest BCUT2D eigenvalue weighted by Gasteiger charge is 2.30. The first-order valence-electron chi connectivity index (χ1n) is 6.69. The van der Waals surface area contributed by atoms with Gasteiger partial charge in [-0.1, -0.05) is 17.4 Å². The summed E-state index contributed by atoms with van der Waals surface area (Å²) in [6, 6.07) is 6.05. The van der Waals surface area contributed by atoms with Crippen LogP contribution in [0.2, 0.25) is 0 Å². The summed E-state index contributed by atoms with van der Waals surface area (Å²) in [5.41, 5.74) is 7.64. The van der Waals surface area contributed by atoms with Crippen LogP contribution in [0.5, 0.6) is 0 Å². The molecular formula is C14H18ClN3O2S. The number of anilines is 1. The van der Waals surface area contributed by atoms with Gasteiger partial charge < -0.3 is 10.5 Å². The molecule has 1 aromatic heterocycles. The molecule has 2 aromatic rings. The van der Waals surface area contributed by atoms with Crippen molar-refractivity contribution < 1.29 is 9.53 Å². The van der Waals surface area contributed by atoms with Crippen LogP contribution in [0.3, 0.4) is 0 Å². The quantitative estimate of drug-likeness (QED) is 0.908.